The van der Waals surface area contributed by atoms with Crippen molar-refractivity contribution in [2.75, 3.05) is 12.4 Å². The number of anilines is 1. The second-order valence-electron chi connectivity index (χ2n) is 4.22. The topological polar surface area (TPSA) is 37.8 Å². The predicted molar refractivity (Wildman–Crippen MR) is 81.1 cm³/mol. The summed E-state index contributed by atoms with van der Waals surface area (Å²) in [5.74, 6) is 1.48. The van der Waals surface area contributed by atoms with Gasteiger partial charge in [-0.1, -0.05) is 30.1 Å². The van der Waals surface area contributed by atoms with Crippen LogP contribution in [0.4, 0.5) is 5.82 Å². The Bertz CT molecular complexity index is 592. The lowest BCUT2D eigenvalue weighted by Gasteiger charge is -2.12. The lowest BCUT2D eigenvalue weighted by atomic mass is 10.1. The average Bonchev–Trinajstić information content (AvgIpc) is 2.36. The summed E-state index contributed by atoms with van der Waals surface area (Å²) in [5.41, 5.74) is 2.91. The van der Waals surface area contributed by atoms with Gasteiger partial charge in [-0.2, -0.15) is 0 Å². The van der Waals surface area contributed by atoms with Gasteiger partial charge >= 0.3 is 0 Å². The fraction of sp³-hybridized carbons (Fsp3) is 0.286. The van der Waals surface area contributed by atoms with Gasteiger partial charge in [0.15, 0.2) is 5.82 Å². The maximum absolute atomic E-state index is 6.02. The molecule has 0 aliphatic rings. The van der Waals surface area contributed by atoms with Crippen LogP contribution >= 0.6 is 23.2 Å². The van der Waals surface area contributed by atoms with E-state index in [-0.39, 0.29) is 0 Å². The van der Waals surface area contributed by atoms with E-state index in [0.29, 0.717) is 15.9 Å². The second kappa shape index (κ2) is 5.76. The maximum atomic E-state index is 6.02. The highest BCUT2D eigenvalue weighted by Crippen LogP contribution is 2.27. The molecule has 0 aliphatic heterocycles. The van der Waals surface area contributed by atoms with Gasteiger partial charge < -0.3 is 5.32 Å². The van der Waals surface area contributed by atoms with E-state index >= 15 is 0 Å². The zero-order chi connectivity index (χ0) is 14.0. The summed E-state index contributed by atoms with van der Waals surface area (Å²) in [7, 11) is 1.86. The summed E-state index contributed by atoms with van der Waals surface area (Å²) in [5, 5.41) is 4.27. The highest BCUT2D eigenvalue weighted by Gasteiger charge is 2.11. The molecule has 19 heavy (non-hydrogen) atoms. The molecule has 0 saturated carbocycles. The maximum Gasteiger partial charge on any atom is 0.161 e. The Morgan fingerprint density at radius 3 is 2.26 bits per heavy atom. The Kier molecular flexibility index (Phi) is 4.27. The van der Waals surface area contributed by atoms with Crippen molar-refractivity contribution in [2.24, 2.45) is 0 Å². The van der Waals surface area contributed by atoms with Crippen molar-refractivity contribution in [1.82, 2.24) is 9.97 Å². The fourth-order valence-electron chi connectivity index (χ4n) is 2.04. The van der Waals surface area contributed by atoms with E-state index in [0.717, 1.165) is 29.1 Å². The van der Waals surface area contributed by atoms with Crippen molar-refractivity contribution in [3.8, 4) is 11.4 Å². The van der Waals surface area contributed by atoms with Crippen LogP contribution in [0.3, 0.4) is 0 Å². The van der Waals surface area contributed by atoms with Gasteiger partial charge in [0.1, 0.15) is 5.82 Å². The molecule has 0 atom stereocenters. The van der Waals surface area contributed by atoms with Crippen molar-refractivity contribution in [3.63, 3.8) is 0 Å². The second-order valence-corrected chi connectivity index (χ2v) is 5.09. The minimum Gasteiger partial charge on any atom is -0.373 e. The van der Waals surface area contributed by atoms with Gasteiger partial charge in [0.2, 0.25) is 0 Å². The van der Waals surface area contributed by atoms with E-state index in [1.54, 1.807) is 6.07 Å². The molecule has 0 fully saturated rings. The highest BCUT2D eigenvalue weighted by atomic mass is 35.5. The first-order valence-corrected chi connectivity index (χ1v) is 6.82. The molecular weight excluding hydrogens is 281 g/mol. The smallest absolute Gasteiger partial charge is 0.161 e. The third kappa shape index (κ3) is 2.99. The van der Waals surface area contributed by atoms with Gasteiger partial charge in [0.05, 0.1) is 0 Å². The Morgan fingerprint density at radius 2 is 1.74 bits per heavy atom. The number of halogens is 2. The molecule has 3 nitrogen and oxygen atoms in total. The number of hydrogen-bond acceptors (Lipinski definition) is 3. The molecule has 1 aromatic heterocycles. The number of rotatable bonds is 3. The molecule has 0 unspecified atom stereocenters. The summed E-state index contributed by atoms with van der Waals surface area (Å²) in [6.45, 7) is 4.07. The summed E-state index contributed by atoms with van der Waals surface area (Å²) in [6, 6.07) is 5.32. The highest BCUT2D eigenvalue weighted by molar-refractivity contribution is 6.35. The zero-order valence-corrected chi connectivity index (χ0v) is 12.6. The van der Waals surface area contributed by atoms with Crippen LogP contribution in [0.25, 0.3) is 11.4 Å². The lowest BCUT2D eigenvalue weighted by molar-refractivity contribution is 1.00. The van der Waals surface area contributed by atoms with Gasteiger partial charge in [-0.15, -0.1) is 0 Å². The fourth-order valence-corrected chi connectivity index (χ4v) is 2.56. The number of aryl methyl sites for hydroxylation is 1. The first-order valence-electron chi connectivity index (χ1n) is 6.07. The minimum absolute atomic E-state index is 0.578. The minimum atomic E-state index is 0.578. The standard InChI is InChI=1S/C14H15Cl2N3/c1-4-12-8(2)18-13(19-14(12)17-3)9-5-10(15)7-11(16)6-9/h5-7H,4H2,1-3H3,(H,17,18,19). The van der Waals surface area contributed by atoms with E-state index in [2.05, 4.69) is 22.2 Å². The monoisotopic (exact) mass is 295 g/mol. The van der Waals surface area contributed by atoms with Crippen LogP contribution in [0.15, 0.2) is 18.2 Å². The molecule has 2 rings (SSSR count). The first kappa shape index (κ1) is 14.1. The number of nitrogens with one attached hydrogen (secondary N) is 1. The van der Waals surface area contributed by atoms with Crippen LogP contribution in [0.5, 0.6) is 0 Å². The summed E-state index contributed by atoms with van der Waals surface area (Å²) < 4.78 is 0. The Labute approximate surface area is 123 Å². The van der Waals surface area contributed by atoms with Crippen molar-refractivity contribution in [3.05, 3.63) is 39.5 Å². The van der Waals surface area contributed by atoms with E-state index < -0.39 is 0 Å². The van der Waals surface area contributed by atoms with Crippen LogP contribution < -0.4 is 5.32 Å². The Hall–Kier alpha value is -1.32. The molecule has 0 amide bonds. The van der Waals surface area contributed by atoms with Gasteiger partial charge in [-0.05, 0) is 31.5 Å². The van der Waals surface area contributed by atoms with E-state index in [1.165, 1.54) is 0 Å². The van der Waals surface area contributed by atoms with Crippen LogP contribution in [-0.2, 0) is 6.42 Å². The number of hydrogen-bond donors (Lipinski definition) is 1. The third-order valence-corrected chi connectivity index (χ3v) is 3.36. The van der Waals surface area contributed by atoms with Crippen molar-refractivity contribution in [2.45, 2.75) is 20.3 Å². The Balaban J connectivity index is 2.59. The molecule has 0 radical (unpaired) electrons. The molecule has 2 aromatic rings. The Morgan fingerprint density at radius 1 is 1.11 bits per heavy atom. The molecular formula is C14H15Cl2N3. The van der Waals surface area contributed by atoms with Crippen molar-refractivity contribution >= 4 is 29.0 Å². The average molecular weight is 296 g/mol. The van der Waals surface area contributed by atoms with Gasteiger partial charge in [-0.3, -0.25) is 0 Å². The molecule has 1 N–H and O–H groups in total. The number of aromatic nitrogens is 2. The molecule has 0 bridgehead atoms. The molecule has 100 valence electrons. The predicted octanol–water partition coefficient (Wildman–Crippen LogP) is 4.36. The van der Waals surface area contributed by atoms with Crippen LogP contribution in [0.1, 0.15) is 18.2 Å². The van der Waals surface area contributed by atoms with Crippen molar-refractivity contribution < 1.29 is 0 Å². The van der Waals surface area contributed by atoms with Gasteiger partial charge in [-0.25, -0.2) is 9.97 Å². The van der Waals surface area contributed by atoms with E-state index in [4.69, 9.17) is 23.2 Å². The van der Waals surface area contributed by atoms with Crippen LogP contribution in [-0.4, -0.2) is 17.0 Å². The molecule has 1 heterocycles. The largest absolute Gasteiger partial charge is 0.373 e. The summed E-state index contributed by atoms with van der Waals surface area (Å²) >= 11 is 12.0. The SMILES string of the molecule is CCc1c(C)nc(-c2cc(Cl)cc(Cl)c2)nc1NC. The van der Waals surface area contributed by atoms with E-state index in [1.807, 2.05) is 26.1 Å². The van der Waals surface area contributed by atoms with Gasteiger partial charge in [0, 0.05) is 33.9 Å². The lowest BCUT2D eigenvalue weighted by Crippen LogP contribution is -2.05. The molecule has 1 aromatic carbocycles. The number of benzene rings is 1. The number of nitrogens with zero attached hydrogens (tertiary/aromatic N) is 2. The van der Waals surface area contributed by atoms with Crippen molar-refractivity contribution in [1.29, 1.82) is 0 Å². The molecule has 5 heteroatoms. The molecule has 0 aliphatic carbocycles. The molecule has 0 saturated heterocycles. The first-order chi connectivity index (χ1) is 9.05. The quantitative estimate of drug-likeness (QED) is 0.914. The van der Waals surface area contributed by atoms with Gasteiger partial charge in [0.25, 0.3) is 0 Å². The third-order valence-electron chi connectivity index (χ3n) is 2.93. The van der Waals surface area contributed by atoms with Crippen LogP contribution in [0, 0.1) is 6.92 Å². The zero-order valence-electron chi connectivity index (χ0n) is 11.1. The van der Waals surface area contributed by atoms with E-state index in [9.17, 15) is 0 Å². The molecule has 0 spiro atoms. The summed E-state index contributed by atoms with van der Waals surface area (Å²) in [4.78, 5) is 9.07. The normalized spacial score (nSPS) is 10.6. The summed E-state index contributed by atoms with van der Waals surface area (Å²) in [6.07, 6.45) is 0.887. The van der Waals surface area contributed by atoms with Crippen LogP contribution in [0.2, 0.25) is 10.0 Å².